The van der Waals surface area contributed by atoms with Crippen LogP contribution in [0.1, 0.15) is 6.92 Å². The fourth-order valence-electron chi connectivity index (χ4n) is 1.44. The molecule has 1 atom stereocenters. The number of aliphatic hydroxyl groups is 1. The minimum absolute atomic E-state index is 0.400. The quantitative estimate of drug-likeness (QED) is 0.729. The molecule has 0 aliphatic carbocycles. The number of anilines is 1. The Morgan fingerprint density at radius 3 is 3.06 bits per heavy atom. The molecule has 0 fully saturated rings. The van der Waals surface area contributed by atoms with E-state index in [9.17, 15) is 0 Å². The van der Waals surface area contributed by atoms with Crippen molar-refractivity contribution in [1.82, 2.24) is 9.97 Å². The number of benzene rings is 1. The highest BCUT2D eigenvalue weighted by Gasteiger charge is 2.04. The molecule has 1 aromatic carbocycles. The standard InChI is InChI=1S/C11H15N3O2/c1-7(15)6-12-11-13-9-4-3-8(16-2)5-10(9)14-11/h3-5,7,15H,6H2,1-2H3,(H2,12,13,14). The van der Waals surface area contributed by atoms with E-state index in [2.05, 4.69) is 15.3 Å². The van der Waals surface area contributed by atoms with E-state index < -0.39 is 6.10 Å². The Labute approximate surface area is 93.5 Å². The minimum atomic E-state index is -0.400. The van der Waals surface area contributed by atoms with Crippen LogP contribution in [-0.4, -0.2) is 34.8 Å². The predicted molar refractivity (Wildman–Crippen MR) is 62.8 cm³/mol. The number of fused-ring (bicyclic) bond motifs is 1. The van der Waals surface area contributed by atoms with Crippen LogP contribution in [0.2, 0.25) is 0 Å². The number of H-pyrrole nitrogens is 1. The Morgan fingerprint density at radius 1 is 1.56 bits per heavy atom. The monoisotopic (exact) mass is 221 g/mol. The number of imidazole rings is 1. The zero-order valence-corrected chi connectivity index (χ0v) is 9.32. The van der Waals surface area contributed by atoms with Gasteiger partial charge in [0.05, 0.1) is 24.2 Å². The van der Waals surface area contributed by atoms with E-state index in [0.717, 1.165) is 16.8 Å². The van der Waals surface area contributed by atoms with Crippen molar-refractivity contribution in [2.45, 2.75) is 13.0 Å². The Bertz CT molecular complexity index is 479. The van der Waals surface area contributed by atoms with Gasteiger partial charge in [0.2, 0.25) is 5.95 Å². The van der Waals surface area contributed by atoms with Gasteiger partial charge in [-0.15, -0.1) is 0 Å². The van der Waals surface area contributed by atoms with E-state index in [1.807, 2.05) is 18.2 Å². The van der Waals surface area contributed by atoms with Gasteiger partial charge in [0.15, 0.2) is 0 Å². The second-order valence-electron chi connectivity index (χ2n) is 3.70. The highest BCUT2D eigenvalue weighted by atomic mass is 16.5. The van der Waals surface area contributed by atoms with Crippen LogP contribution in [0.3, 0.4) is 0 Å². The van der Waals surface area contributed by atoms with Crippen LogP contribution < -0.4 is 10.1 Å². The van der Waals surface area contributed by atoms with Crippen LogP contribution in [0.4, 0.5) is 5.95 Å². The summed E-state index contributed by atoms with van der Waals surface area (Å²) in [4.78, 5) is 7.44. The summed E-state index contributed by atoms with van der Waals surface area (Å²) in [5.41, 5.74) is 1.78. The Morgan fingerprint density at radius 2 is 2.38 bits per heavy atom. The van der Waals surface area contributed by atoms with Crippen LogP contribution in [0, 0.1) is 0 Å². The average molecular weight is 221 g/mol. The zero-order valence-electron chi connectivity index (χ0n) is 9.32. The lowest BCUT2D eigenvalue weighted by Gasteiger charge is -2.03. The van der Waals surface area contributed by atoms with Gasteiger partial charge >= 0.3 is 0 Å². The third kappa shape index (κ3) is 2.25. The highest BCUT2D eigenvalue weighted by molar-refractivity contribution is 5.79. The van der Waals surface area contributed by atoms with Crippen LogP contribution in [0.15, 0.2) is 18.2 Å². The Balaban J connectivity index is 2.22. The highest BCUT2D eigenvalue weighted by Crippen LogP contribution is 2.20. The minimum Gasteiger partial charge on any atom is -0.497 e. The first-order valence-electron chi connectivity index (χ1n) is 5.14. The fraction of sp³-hybridized carbons (Fsp3) is 0.364. The molecule has 0 radical (unpaired) electrons. The Kier molecular flexibility index (Phi) is 2.96. The molecule has 86 valence electrons. The second kappa shape index (κ2) is 4.40. The largest absolute Gasteiger partial charge is 0.497 e. The SMILES string of the molecule is COc1ccc2nc(NCC(C)O)[nH]c2c1. The van der Waals surface area contributed by atoms with E-state index in [-0.39, 0.29) is 0 Å². The molecule has 0 aliphatic rings. The van der Waals surface area contributed by atoms with E-state index in [0.29, 0.717) is 12.5 Å². The lowest BCUT2D eigenvalue weighted by Crippen LogP contribution is -2.15. The topological polar surface area (TPSA) is 70.2 Å². The number of aromatic amines is 1. The van der Waals surface area contributed by atoms with Crippen molar-refractivity contribution in [3.63, 3.8) is 0 Å². The Hall–Kier alpha value is -1.75. The van der Waals surface area contributed by atoms with Gasteiger partial charge < -0.3 is 20.1 Å². The van der Waals surface area contributed by atoms with Gasteiger partial charge in [-0.2, -0.15) is 0 Å². The van der Waals surface area contributed by atoms with Crippen LogP contribution in [0.25, 0.3) is 11.0 Å². The molecular weight excluding hydrogens is 206 g/mol. The molecule has 0 saturated heterocycles. The van der Waals surface area contributed by atoms with Gasteiger partial charge in [0.25, 0.3) is 0 Å². The number of rotatable bonds is 4. The van der Waals surface area contributed by atoms with E-state index in [4.69, 9.17) is 9.84 Å². The molecule has 1 aromatic heterocycles. The van der Waals surface area contributed by atoms with Crippen molar-refractivity contribution in [2.75, 3.05) is 19.0 Å². The molecule has 0 amide bonds. The van der Waals surface area contributed by atoms with Crippen molar-refractivity contribution in [1.29, 1.82) is 0 Å². The number of hydrogen-bond donors (Lipinski definition) is 3. The van der Waals surface area contributed by atoms with E-state index in [1.54, 1.807) is 14.0 Å². The molecule has 1 unspecified atom stereocenters. The molecule has 0 aliphatic heterocycles. The summed E-state index contributed by atoms with van der Waals surface area (Å²) >= 11 is 0. The summed E-state index contributed by atoms with van der Waals surface area (Å²) in [6.45, 7) is 2.19. The normalized spacial score (nSPS) is 12.7. The van der Waals surface area contributed by atoms with Gasteiger partial charge in [-0.25, -0.2) is 4.98 Å². The first-order valence-corrected chi connectivity index (χ1v) is 5.14. The summed E-state index contributed by atoms with van der Waals surface area (Å²) in [6, 6.07) is 5.63. The molecule has 0 spiro atoms. The first-order chi connectivity index (χ1) is 7.69. The summed E-state index contributed by atoms with van der Waals surface area (Å²) < 4.78 is 5.12. The summed E-state index contributed by atoms with van der Waals surface area (Å²) in [7, 11) is 1.63. The first kappa shape index (κ1) is 10.8. The average Bonchev–Trinajstić information content (AvgIpc) is 2.67. The van der Waals surface area contributed by atoms with E-state index >= 15 is 0 Å². The third-order valence-electron chi connectivity index (χ3n) is 2.25. The van der Waals surface area contributed by atoms with Crippen molar-refractivity contribution in [3.8, 4) is 5.75 Å². The number of methoxy groups -OCH3 is 1. The molecular formula is C11H15N3O2. The van der Waals surface area contributed by atoms with Gasteiger partial charge in [-0.1, -0.05) is 0 Å². The molecule has 2 aromatic rings. The summed E-state index contributed by atoms with van der Waals surface area (Å²) in [5.74, 6) is 1.45. The maximum atomic E-state index is 9.15. The van der Waals surface area contributed by atoms with Crippen LogP contribution in [-0.2, 0) is 0 Å². The predicted octanol–water partition coefficient (Wildman–Crippen LogP) is 1.36. The smallest absolute Gasteiger partial charge is 0.201 e. The second-order valence-corrected chi connectivity index (χ2v) is 3.70. The van der Waals surface area contributed by atoms with Crippen molar-refractivity contribution >= 4 is 17.0 Å². The van der Waals surface area contributed by atoms with Crippen molar-refractivity contribution in [2.24, 2.45) is 0 Å². The number of aromatic nitrogens is 2. The lowest BCUT2D eigenvalue weighted by molar-refractivity contribution is 0.208. The van der Waals surface area contributed by atoms with Crippen LogP contribution >= 0.6 is 0 Å². The van der Waals surface area contributed by atoms with Gasteiger partial charge in [-0.3, -0.25) is 0 Å². The third-order valence-corrected chi connectivity index (χ3v) is 2.25. The molecule has 0 saturated carbocycles. The molecule has 3 N–H and O–H groups in total. The maximum absolute atomic E-state index is 9.15. The zero-order chi connectivity index (χ0) is 11.5. The fourth-order valence-corrected chi connectivity index (χ4v) is 1.44. The van der Waals surface area contributed by atoms with Gasteiger partial charge in [0, 0.05) is 12.6 Å². The molecule has 5 nitrogen and oxygen atoms in total. The molecule has 0 bridgehead atoms. The van der Waals surface area contributed by atoms with Gasteiger partial charge in [0.1, 0.15) is 5.75 Å². The molecule has 1 heterocycles. The number of ether oxygens (including phenoxy) is 1. The van der Waals surface area contributed by atoms with E-state index in [1.165, 1.54) is 0 Å². The number of nitrogens with zero attached hydrogens (tertiary/aromatic N) is 1. The summed E-state index contributed by atoms with van der Waals surface area (Å²) in [6.07, 6.45) is -0.400. The lowest BCUT2D eigenvalue weighted by atomic mass is 10.3. The molecule has 16 heavy (non-hydrogen) atoms. The van der Waals surface area contributed by atoms with Gasteiger partial charge in [-0.05, 0) is 19.1 Å². The number of aliphatic hydroxyl groups excluding tert-OH is 1. The molecule has 5 heteroatoms. The van der Waals surface area contributed by atoms with Crippen molar-refractivity contribution < 1.29 is 9.84 Å². The number of nitrogens with one attached hydrogen (secondary N) is 2. The summed E-state index contributed by atoms with van der Waals surface area (Å²) in [5, 5.41) is 12.2. The number of hydrogen-bond acceptors (Lipinski definition) is 4. The van der Waals surface area contributed by atoms with Crippen molar-refractivity contribution in [3.05, 3.63) is 18.2 Å². The molecule has 2 rings (SSSR count). The van der Waals surface area contributed by atoms with Crippen LogP contribution in [0.5, 0.6) is 5.75 Å². The maximum Gasteiger partial charge on any atom is 0.201 e.